The molecule has 148 valence electrons. The molecule has 0 spiro atoms. The van der Waals surface area contributed by atoms with Crippen molar-refractivity contribution in [2.75, 3.05) is 19.8 Å². The Morgan fingerprint density at radius 3 is 2.03 bits per heavy atom. The normalized spacial score (nSPS) is 10.2. The molecule has 5 heteroatoms. The van der Waals surface area contributed by atoms with Crippen LogP contribution in [0, 0.1) is 0 Å². The van der Waals surface area contributed by atoms with E-state index in [9.17, 15) is 9.59 Å². The predicted octanol–water partition coefficient (Wildman–Crippen LogP) is 3.63. The monoisotopic (exact) mass is 389 g/mol. The summed E-state index contributed by atoms with van der Waals surface area (Å²) in [7, 11) is 0. The first-order chi connectivity index (χ1) is 14.2. The fourth-order valence-corrected chi connectivity index (χ4v) is 2.75. The summed E-state index contributed by atoms with van der Waals surface area (Å²) in [5.74, 6) is -0.356. The van der Waals surface area contributed by atoms with E-state index in [1.54, 1.807) is 12.1 Å². The molecule has 0 atom stereocenters. The van der Waals surface area contributed by atoms with E-state index < -0.39 is 5.97 Å². The van der Waals surface area contributed by atoms with Gasteiger partial charge in [-0.1, -0.05) is 72.8 Å². The number of hydrogen-bond acceptors (Lipinski definition) is 4. The fourth-order valence-electron chi connectivity index (χ4n) is 2.75. The third-order valence-electron chi connectivity index (χ3n) is 4.26. The van der Waals surface area contributed by atoms with Crippen LogP contribution in [0.2, 0.25) is 0 Å². The molecule has 3 aromatic carbocycles. The number of rotatable bonds is 9. The van der Waals surface area contributed by atoms with E-state index in [4.69, 9.17) is 9.47 Å². The highest BCUT2D eigenvalue weighted by molar-refractivity contribution is 5.80. The molecule has 0 saturated carbocycles. The largest absolute Gasteiger partial charge is 0.482 e. The van der Waals surface area contributed by atoms with Crippen molar-refractivity contribution < 1.29 is 19.1 Å². The van der Waals surface area contributed by atoms with Gasteiger partial charge in [0.2, 0.25) is 0 Å². The Balaban J connectivity index is 1.34. The highest BCUT2D eigenvalue weighted by atomic mass is 16.6. The average Bonchev–Trinajstić information content (AvgIpc) is 2.78. The van der Waals surface area contributed by atoms with E-state index in [1.165, 1.54) is 0 Å². The minimum atomic E-state index is -0.588. The van der Waals surface area contributed by atoms with Crippen LogP contribution in [0.4, 0.5) is 0 Å². The number of carbonyl (C=O) groups is 2. The summed E-state index contributed by atoms with van der Waals surface area (Å²) < 4.78 is 10.4. The molecule has 0 bridgehead atoms. The van der Waals surface area contributed by atoms with Crippen molar-refractivity contribution in [3.63, 3.8) is 0 Å². The molecule has 0 aliphatic heterocycles. The van der Waals surface area contributed by atoms with E-state index in [0.717, 1.165) is 23.1 Å². The van der Waals surface area contributed by atoms with Gasteiger partial charge in [0.15, 0.2) is 13.2 Å². The predicted molar refractivity (Wildman–Crippen MR) is 111 cm³/mol. The third kappa shape index (κ3) is 6.81. The quantitative estimate of drug-likeness (QED) is 0.568. The Bertz CT molecular complexity index is 909. The van der Waals surface area contributed by atoms with E-state index >= 15 is 0 Å². The van der Waals surface area contributed by atoms with E-state index in [-0.39, 0.29) is 19.1 Å². The Labute approximate surface area is 170 Å². The number of ether oxygens (including phenoxy) is 2. The van der Waals surface area contributed by atoms with Gasteiger partial charge in [-0.15, -0.1) is 0 Å². The zero-order valence-electron chi connectivity index (χ0n) is 16.0. The van der Waals surface area contributed by atoms with Gasteiger partial charge in [0.05, 0.1) is 0 Å². The molecule has 0 aliphatic rings. The molecular weight excluding hydrogens is 366 g/mol. The van der Waals surface area contributed by atoms with Crippen molar-refractivity contribution in [1.29, 1.82) is 0 Å². The van der Waals surface area contributed by atoms with Crippen LogP contribution in [0.1, 0.15) is 5.56 Å². The molecule has 0 aliphatic carbocycles. The Kier molecular flexibility index (Phi) is 7.41. The summed E-state index contributed by atoms with van der Waals surface area (Å²) in [6, 6.07) is 27.3. The molecule has 29 heavy (non-hydrogen) atoms. The standard InChI is InChI=1S/C24H23NO4/c26-23(25-16-15-19-7-3-1-4-8-19)17-29-24(27)18-28-22-13-11-21(12-14-22)20-9-5-2-6-10-20/h1-14H,15-18H2,(H,25,26). The van der Waals surface area contributed by atoms with Crippen molar-refractivity contribution in [1.82, 2.24) is 5.32 Å². The maximum Gasteiger partial charge on any atom is 0.344 e. The van der Waals surface area contributed by atoms with Crippen LogP contribution in [-0.2, 0) is 20.7 Å². The summed E-state index contributed by atoms with van der Waals surface area (Å²) in [5, 5.41) is 2.73. The van der Waals surface area contributed by atoms with Gasteiger partial charge >= 0.3 is 5.97 Å². The van der Waals surface area contributed by atoms with E-state index in [2.05, 4.69) is 5.32 Å². The topological polar surface area (TPSA) is 64.6 Å². The van der Waals surface area contributed by atoms with Crippen LogP contribution in [0.25, 0.3) is 11.1 Å². The van der Waals surface area contributed by atoms with Gasteiger partial charge in [0, 0.05) is 6.54 Å². The fraction of sp³-hybridized carbons (Fsp3) is 0.167. The van der Waals surface area contributed by atoms with Crippen molar-refractivity contribution in [3.8, 4) is 16.9 Å². The highest BCUT2D eigenvalue weighted by Crippen LogP contribution is 2.21. The maximum absolute atomic E-state index is 11.8. The lowest BCUT2D eigenvalue weighted by Gasteiger charge is -2.09. The summed E-state index contributed by atoms with van der Waals surface area (Å²) in [6.45, 7) is -0.0729. The first kappa shape index (κ1) is 20.1. The molecule has 3 rings (SSSR count). The molecule has 0 fully saturated rings. The summed E-state index contributed by atoms with van der Waals surface area (Å²) in [5.41, 5.74) is 3.31. The van der Waals surface area contributed by atoms with Crippen LogP contribution in [0.3, 0.4) is 0 Å². The zero-order valence-corrected chi connectivity index (χ0v) is 16.0. The second-order valence-corrected chi connectivity index (χ2v) is 6.43. The molecule has 0 saturated heterocycles. The van der Waals surface area contributed by atoms with Gasteiger partial charge in [-0.05, 0) is 35.2 Å². The number of hydrogen-bond donors (Lipinski definition) is 1. The first-order valence-electron chi connectivity index (χ1n) is 9.45. The molecule has 1 N–H and O–H groups in total. The number of nitrogens with one attached hydrogen (secondary N) is 1. The van der Waals surface area contributed by atoms with Crippen LogP contribution < -0.4 is 10.1 Å². The number of carbonyl (C=O) groups excluding carboxylic acids is 2. The van der Waals surface area contributed by atoms with Gasteiger partial charge in [0.1, 0.15) is 5.75 Å². The smallest absolute Gasteiger partial charge is 0.344 e. The van der Waals surface area contributed by atoms with E-state index in [1.807, 2.05) is 72.8 Å². The minimum absolute atomic E-state index is 0.248. The summed E-state index contributed by atoms with van der Waals surface area (Å²) in [4.78, 5) is 23.5. The van der Waals surface area contributed by atoms with Crippen molar-refractivity contribution >= 4 is 11.9 Å². The summed E-state index contributed by atoms with van der Waals surface area (Å²) >= 11 is 0. The van der Waals surface area contributed by atoms with Gasteiger partial charge in [-0.3, -0.25) is 4.79 Å². The molecular formula is C24H23NO4. The number of esters is 1. The van der Waals surface area contributed by atoms with Gasteiger partial charge in [-0.2, -0.15) is 0 Å². The Morgan fingerprint density at radius 2 is 1.34 bits per heavy atom. The zero-order chi connectivity index (χ0) is 20.3. The van der Waals surface area contributed by atoms with Crippen molar-refractivity contribution in [3.05, 3.63) is 90.5 Å². The van der Waals surface area contributed by atoms with Crippen molar-refractivity contribution in [2.24, 2.45) is 0 Å². The van der Waals surface area contributed by atoms with Gasteiger partial charge in [0.25, 0.3) is 5.91 Å². The lowest BCUT2D eigenvalue weighted by Crippen LogP contribution is -2.31. The summed E-state index contributed by atoms with van der Waals surface area (Å²) in [6.07, 6.45) is 0.725. The molecule has 0 aromatic heterocycles. The molecule has 1 amide bonds. The molecule has 3 aromatic rings. The molecule has 0 heterocycles. The number of benzene rings is 3. The number of amides is 1. The maximum atomic E-state index is 11.8. The average molecular weight is 389 g/mol. The Hall–Kier alpha value is -3.60. The SMILES string of the molecule is O=C(COC(=O)COc1ccc(-c2ccccc2)cc1)NCCc1ccccc1. The van der Waals surface area contributed by atoms with Crippen molar-refractivity contribution in [2.45, 2.75) is 6.42 Å². The second-order valence-electron chi connectivity index (χ2n) is 6.43. The lowest BCUT2D eigenvalue weighted by molar-refractivity contribution is -0.150. The lowest BCUT2D eigenvalue weighted by atomic mass is 10.1. The van der Waals surface area contributed by atoms with Gasteiger partial charge < -0.3 is 14.8 Å². The molecule has 5 nitrogen and oxygen atoms in total. The van der Waals surface area contributed by atoms with Crippen LogP contribution in [-0.4, -0.2) is 31.6 Å². The first-order valence-corrected chi connectivity index (χ1v) is 9.45. The highest BCUT2D eigenvalue weighted by Gasteiger charge is 2.08. The third-order valence-corrected chi connectivity index (χ3v) is 4.26. The molecule has 0 unspecified atom stereocenters. The Morgan fingerprint density at radius 1 is 0.724 bits per heavy atom. The van der Waals surface area contributed by atoms with Crippen LogP contribution >= 0.6 is 0 Å². The van der Waals surface area contributed by atoms with Crippen LogP contribution in [0.5, 0.6) is 5.75 Å². The van der Waals surface area contributed by atoms with Crippen LogP contribution in [0.15, 0.2) is 84.9 Å². The van der Waals surface area contributed by atoms with E-state index in [0.29, 0.717) is 12.3 Å². The minimum Gasteiger partial charge on any atom is -0.482 e. The molecule has 0 radical (unpaired) electrons. The second kappa shape index (κ2) is 10.7. The van der Waals surface area contributed by atoms with Gasteiger partial charge in [-0.25, -0.2) is 4.79 Å².